The Labute approximate surface area is 105 Å². The van der Waals surface area contributed by atoms with Gasteiger partial charge in [-0.25, -0.2) is 0 Å². The molecule has 4 heteroatoms. The first-order chi connectivity index (χ1) is 7.95. The molecule has 1 amide bonds. The number of hydrogen-bond donors (Lipinski definition) is 3. The van der Waals surface area contributed by atoms with Gasteiger partial charge in [-0.3, -0.25) is 4.79 Å². The Bertz CT molecular complexity index is 247. The highest BCUT2D eigenvalue weighted by atomic mass is 16.2. The van der Waals surface area contributed by atoms with Gasteiger partial charge in [-0.15, -0.1) is 0 Å². The zero-order valence-electron chi connectivity index (χ0n) is 11.6. The van der Waals surface area contributed by atoms with Gasteiger partial charge in [0.2, 0.25) is 5.91 Å². The minimum absolute atomic E-state index is 0.0937. The maximum absolute atomic E-state index is 11.6. The van der Waals surface area contributed by atoms with E-state index in [1.165, 1.54) is 12.8 Å². The molecule has 100 valence electrons. The number of carbonyl (C=O) groups is 1. The van der Waals surface area contributed by atoms with Gasteiger partial charge in [0.15, 0.2) is 0 Å². The van der Waals surface area contributed by atoms with E-state index in [2.05, 4.69) is 22.9 Å². The van der Waals surface area contributed by atoms with Crippen molar-refractivity contribution < 1.29 is 4.79 Å². The van der Waals surface area contributed by atoms with Gasteiger partial charge in [0.05, 0.1) is 5.41 Å². The van der Waals surface area contributed by atoms with Crippen LogP contribution in [0.1, 0.15) is 40.0 Å². The van der Waals surface area contributed by atoms with E-state index in [0.717, 1.165) is 19.5 Å². The number of carbonyl (C=O) groups excluding carboxylic acids is 1. The van der Waals surface area contributed by atoms with E-state index in [-0.39, 0.29) is 11.3 Å². The van der Waals surface area contributed by atoms with Gasteiger partial charge >= 0.3 is 0 Å². The molecular weight excluding hydrogens is 214 g/mol. The Morgan fingerprint density at radius 3 is 2.76 bits per heavy atom. The normalized spacial score (nSPS) is 22.5. The molecular formula is C13H27N3O. The molecule has 3 N–H and O–H groups in total. The van der Waals surface area contributed by atoms with E-state index in [4.69, 9.17) is 0 Å². The number of amides is 1. The molecule has 2 unspecified atom stereocenters. The van der Waals surface area contributed by atoms with Crippen molar-refractivity contribution in [2.45, 2.75) is 52.1 Å². The lowest BCUT2D eigenvalue weighted by Crippen LogP contribution is -2.45. The molecule has 0 aliphatic carbocycles. The van der Waals surface area contributed by atoms with Crippen LogP contribution in [0.5, 0.6) is 0 Å². The summed E-state index contributed by atoms with van der Waals surface area (Å²) in [6, 6.07) is 1.11. The molecule has 0 saturated carbocycles. The third-order valence-corrected chi connectivity index (χ3v) is 3.53. The summed E-state index contributed by atoms with van der Waals surface area (Å²) in [7, 11) is 1.69. The molecule has 4 nitrogen and oxygen atoms in total. The first kappa shape index (κ1) is 14.5. The zero-order valence-corrected chi connectivity index (χ0v) is 11.6. The van der Waals surface area contributed by atoms with E-state index in [1.807, 2.05) is 13.8 Å². The van der Waals surface area contributed by atoms with Gasteiger partial charge in [0.25, 0.3) is 0 Å². The molecule has 17 heavy (non-hydrogen) atoms. The molecule has 0 aromatic rings. The highest BCUT2D eigenvalue weighted by Crippen LogP contribution is 2.15. The standard InChI is InChI=1S/C13H27N3O/c1-10(8-11-6-5-7-15-11)16-9-13(2,3)12(17)14-4/h10-11,15-16H,5-9H2,1-4H3,(H,14,17). The largest absolute Gasteiger partial charge is 0.359 e. The first-order valence-electron chi connectivity index (χ1n) is 6.64. The van der Waals surface area contributed by atoms with Gasteiger partial charge in [0, 0.05) is 25.7 Å². The van der Waals surface area contributed by atoms with Gasteiger partial charge in [-0.1, -0.05) is 0 Å². The van der Waals surface area contributed by atoms with Crippen molar-refractivity contribution in [1.29, 1.82) is 0 Å². The summed E-state index contributed by atoms with van der Waals surface area (Å²) in [5.74, 6) is 0.0937. The summed E-state index contributed by atoms with van der Waals surface area (Å²) >= 11 is 0. The zero-order chi connectivity index (χ0) is 12.9. The molecule has 1 fully saturated rings. The van der Waals surface area contributed by atoms with Crippen LogP contribution in [0.15, 0.2) is 0 Å². The van der Waals surface area contributed by atoms with Gasteiger partial charge in [0.1, 0.15) is 0 Å². The van der Waals surface area contributed by atoms with Crippen LogP contribution in [0, 0.1) is 5.41 Å². The van der Waals surface area contributed by atoms with Crippen molar-refractivity contribution in [2.75, 3.05) is 20.1 Å². The van der Waals surface area contributed by atoms with Crippen LogP contribution < -0.4 is 16.0 Å². The van der Waals surface area contributed by atoms with Crippen molar-refractivity contribution in [1.82, 2.24) is 16.0 Å². The van der Waals surface area contributed by atoms with Crippen LogP contribution in [-0.2, 0) is 4.79 Å². The average Bonchev–Trinajstić information content (AvgIpc) is 2.78. The summed E-state index contributed by atoms with van der Waals surface area (Å²) in [6.07, 6.45) is 3.72. The summed E-state index contributed by atoms with van der Waals surface area (Å²) in [4.78, 5) is 11.6. The van der Waals surface area contributed by atoms with E-state index in [0.29, 0.717) is 12.1 Å². The minimum atomic E-state index is -0.341. The Morgan fingerprint density at radius 1 is 1.53 bits per heavy atom. The Hall–Kier alpha value is -0.610. The smallest absolute Gasteiger partial charge is 0.226 e. The summed E-state index contributed by atoms with van der Waals surface area (Å²) < 4.78 is 0. The second kappa shape index (κ2) is 6.36. The second-order valence-electron chi connectivity index (χ2n) is 5.77. The summed E-state index contributed by atoms with van der Waals surface area (Å²) in [6.45, 7) is 8.01. The molecule has 1 aliphatic heterocycles. The lowest BCUT2D eigenvalue weighted by molar-refractivity contribution is -0.128. The molecule has 0 aromatic carbocycles. The molecule has 0 aromatic heterocycles. The lowest BCUT2D eigenvalue weighted by atomic mass is 9.91. The van der Waals surface area contributed by atoms with Gasteiger partial charge < -0.3 is 16.0 Å². The topological polar surface area (TPSA) is 53.2 Å². The van der Waals surface area contributed by atoms with Crippen LogP contribution >= 0.6 is 0 Å². The van der Waals surface area contributed by atoms with Crippen molar-refractivity contribution in [3.05, 3.63) is 0 Å². The number of rotatable bonds is 6. The van der Waals surface area contributed by atoms with E-state index in [1.54, 1.807) is 7.05 Å². The Morgan fingerprint density at radius 2 is 2.24 bits per heavy atom. The molecule has 0 radical (unpaired) electrons. The fourth-order valence-electron chi connectivity index (χ4n) is 2.32. The van der Waals surface area contributed by atoms with E-state index >= 15 is 0 Å². The van der Waals surface area contributed by atoms with Crippen LogP contribution in [-0.4, -0.2) is 38.1 Å². The third-order valence-electron chi connectivity index (χ3n) is 3.53. The van der Waals surface area contributed by atoms with E-state index < -0.39 is 0 Å². The molecule has 1 rings (SSSR count). The van der Waals surface area contributed by atoms with Crippen LogP contribution in [0.4, 0.5) is 0 Å². The van der Waals surface area contributed by atoms with Crippen LogP contribution in [0.3, 0.4) is 0 Å². The van der Waals surface area contributed by atoms with E-state index in [9.17, 15) is 4.79 Å². The Balaban J connectivity index is 2.26. The van der Waals surface area contributed by atoms with Crippen molar-refractivity contribution in [3.8, 4) is 0 Å². The molecule has 1 saturated heterocycles. The van der Waals surface area contributed by atoms with Gasteiger partial charge in [-0.05, 0) is 46.6 Å². The first-order valence-corrected chi connectivity index (χ1v) is 6.64. The van der Waals surface area contributed by atoms with Gasteiger partial charge in [-0.2, -0.15) is 0 Å². The number of nitrogens with one attached hydrogen (secondary N) is 3. The maximum Gasteiger partial charge on any atom is 0.226 e. The quantitative estimate of drug-likeness (QED) is 0.647. The fraction of sp³-hybridized carbons (Fsp3) is 0.923. The van der Waals surface area contributed by atoms with Crippen molar-refractivity contribution in [3.63, 3.8) is 0 Å². The van der Waals surface area contributed by atoms with Crippen molar-refractivity contribution >= 4 is 5.91 Å². The lowest BCUT2D eigenvalue weighted by Gasteiger charge is -2.26. The molecule has 0 spiro atoms. The number of hydrogen-bond acceptors (Lipinski definition) is 3. The third kappa shape index (κ3) is 4.64. The average molecular weight is 241 g/mol. The molecule has 0 bridgehead atoms. The predicted molar refractivity (Wildman–Crippen MR) is 71.0 cm³/mol. The highest BCUT2D eigenvalue weighted by Gasteiger charge is 2.27. The predicted octanol–water partition coefficient (Wildman–Crippen LogP) is 0.879. The highest BCUT2D eigenvalue weighted by molar-refractivity contribution is 5.81. The molecule has 2 atom stereocenters. The summed E-state index contributed by atoms with van der Waals surface area (Å²) in [5.41, 5.74) is -0.341. The maximum atomic E-state index is 11.6. The van der Waals surface area contributed by atoms with Crippen molar-refractivity contribution in [2.24, 2.45) is 5.41 Å². The van der Waals surface area contributed by atoms with Crippen LogP contribution in [0.2, 0.25) is 0 Å². The second-order valence-corrected chi connectivity index (χ2v) is 5.77. The SMILES string of the molecule is CNC(=O)C(C)(C)CNC(C)CC1CCCN1. The molecule has 1 aliphatic rings. The monoisotopic (exact) mass is 241 g/mol. The molecule has 1 heterocycles. The van der Waals surface area contributed by atoms with Crippen LogP contribution in [0.25, 0.3) is 0 Å². The fourth-order valence-corrected chi connectivity index (χ4v) is 2.32. The minimum Gasteiger partial charge on any atom is -0.359 e. The Kier molecular flexibility index (Phi) is 5.40. The summed E-state index contributed by atoms with van der Waals surface area (Å²) in [5, 5.41) is 9.67.